The van der Waals surface area contributed by atoms with Crippen molar-refractivity contribution in [2.75, 3.05) is 25.0 Å². The van der Waals surface area contributed by atoms with E-state index in [0.29, 0.717) is 0 Å². The third-order valence-electron chi connectivity index (χ3n) is 3.57. The number of piperidine rings is 1. The van der Waals surface area contributed by atoms with Crippen molar-refractivity contribution in [1.82, 2.24) is 10.3 Å². The lowest BCUT2D eigenvalue weighted by Gasteiger charge is -2.32. The third kappa shape index (κ3) is 2.97. The van der Waals surface area contributed by atoms with Gasteiger partial charge in [0, 0.05) is 25.8 Å². The summed E-state index contributed by atoms with van der Waals surface area (Å²) < 4.78 is 0. The first-order valence-corrected chi connectivity index (χ1v) is 6.55. The van der Waals surface area contributed by atoms with Gasteiger partial charge >= 0.3 is 0 Å². The number of aromatic nitrogens is 1. The lowest BCUT2D eigenvalue weighted by Crippen LogP contribution is -2.33. The summed E-state index contributed by atoms with van der Waals surface area (Å²) in [7, 11) is 1.97. The molecule has 0 atom stereocenters. The van der Waals surface area contributed by atoms with Gasteiger partial charge in [0.15, 0.2) is 0 Å². The highest BCUT2D eigenvalue weighted by molar-refractivity contribution is 5.47. The Labute approximate surface area is 104 Å². The molecule has 3 heteroatoms. The van der Waals surface area contributed by atoms with Gasteiger partial charge in [0.2, 0.25) is 0 Å². The summed E-state index contributed by atoms with van der Waals surface area (Å²) in [5, 5.41) is 3.16. The molecule has 0 unspecified atom stereocenters. The van der Waals surface area contributed by atoms with E-state index in [1.54, 1.807) is 0 Å². The average Bonchev–Trinajstić information content (AvgIpc) is 2.31. The van der Waals surface area contributed by atoms with E-state index in [0.717, 1.165) is 25.6 Å². The van der Waals surface area contributed by atoms with Gasteiger partial charge in [0.05, 0.1) is 0 Å². The molecule has 1 N–H and O–H groups in total. The number of nitrogens with one attached hydrogen (secondary N) is 1. The van der Waals surface area contributed by atoms with Crippen molar-refractivity contribution in [1.29, 1.82) is 0 Å². The molecule has 0 aliphatic carbocycles. The van der Waals surface area contributed by atoms with Crippen molar-refractivity contribution in [3.63, 3.8) is 0 Å². The largest absolute Gasteiger partial charge is 0.356 e. The molecule has 0 bridgehead atoms. The van der Waals surface area contributed by atoms with Crippen LogP contribution in [0.3, 0.4) is 0 Å². The van der Waals surface area contributed by atoms with Gasteiger partial charge in [-0.1, -0.05) is 6.92 Å². The van der Waals surface area contributed by atoms with Gasteiger partial charge in [-0.3, -0.25) is 0 Å². The average molecular weight is 233 g/mol. The van der Waals surface area contributed by atoms with Crippen LogP contribution >= 0.6 is 0 Å². The summed E-state index contributed by atoms with van der Waals surface area (Å²) in [6, 6.07) is 2.25. The van der Waals surface area contributed by atoms with Crippen LogP contribution in [0.5, 0.6) is 0 Å². The summed E-state index contributed by atoms with van der Waals surface area (Å²) in [5.41, 5.74) is 2.56. The van der Waals surface area contributed by atoms with Crippen LogP contribution in [0.2, 0.25) is 0 Å². The highest BCUT2D eigenvalue weighted by Gasteiger charge is 2.18. The van der Waals surface area contributed by atoms with Gasteiger partial charge in [-0.05, 0) is 49.9 Å². The van der Waals surface area contributed by atoms with Crippen LogP contribution in [-0.2, 0) is 6.54 Å². The first-order chi connectivity index (χ1) is 8.20. The van der Waals surface area contributed by atoms with Gasteiger partial charge < -0.3 is 10.2 Å². The SMILES string of the molecule is CNCc1cnc(N2CCC(C)CC2)c(C)c1. The van der Waals surface area contributed by atoms with E-state index >= 15 is 0 Å². The van der Waals surface area contributed by atoms with Crippen LogP contribution < -0.4 is 10.2 Å². The number of rotatable bonds is 3. The Bertz CT molecular complexity index is 368. The molecule has 1 aliphatic rings. The van der Waals surface area contributed by atoms with Crippen molar-refractivity contribution in [3.8, 4) is 0 Å². The lowest BCUT2D eigenvalue weighted by molar-refractivity contribution is 0.436. The second-order valence-electron chi connectivity index (χ2n) is 5.18. The Hall–Kier alpha value is -1.09. The Morgan fingerprint density at radius 1 is 1.41 bits per heavy atom. The Kier molecular flexibility index (Phi) is 4.00. The first-order valence-electron chi connectivity index (χ1n) is 6.55. The number of anilines is 1. The number of aryl methyl sites for hydroxylation is 1. The molecule has 1 aromatic heterocycles. The molecular weight excluding hydrogens is 210 g/mol. The minimum atomic E-state index is 0.870. The fraction of sp³-hybridized carbons (Fsp3) is 0.643. The van der Waals surface area contributed by atoms with Crippen LogP contribution in [-0.4, -0.2) is 25.1 Å². The second kappa shape index (κ2) is 5.50. The van der Waals surface area contributed by atoms with E-state index in [9.17, 15) is 0 Å². The highest BCUT2D eigenvalue weighted by atomic mass is 15.2. The number of hydrogen-bond donors (Lipinski definition) is 1. The molecule has 0 radical (unpaired) electrons. The standard InChI is InChI=1S/C14H23N3/c1-11-4-6-17(7-5-11)14-12(2)8-13(9-15-3)10-16-14/h8,10-11,15H,4-7,9H2,1-3H3. The van der Waals surface area contributed by atoms with Gasteiger partial charge in [-0.25, -0.2) is 4.98 Å². The van der Waals surface area contributed by atoms with E-state index in [1.807, 2.05) is 13.2 Å². The molecule has 1 aliphatic heterocycles. The van der Waals surface area contributed by atoms with Crippen molar-refractivity contribution >= 4 is 5.82 Å². The summed E-state index contributed by atoms with van der Waals surface area (Å²) in [4.78, 5) is 7.06. The summed E-state index contributed by atoms with van der Waals surface area (Å²) in [5.74, 6) is 2.05. The summed E-state index contributed by atoms with van der Waals surface area (Å²) in [6.45, 7) is 7.71. The first kappa shape index (κ1) is 12.4. The van der Waals surface area contributed by atoms with E-state index in [2.05, 4.69) is 35.1 Å². The molecule has 1 fully saturated rings. The molecule has 1 aromatic rings. The highest BCUT2D eigenvalue weighted by Crippen LogP contribution is 2.24. The van der Waals surface area contributed by atoms with E-state index in [4.69, 9.17) is 0 Å². The fourth-order valence-electron chi connectivity index (χ4n) is 2.48. The second-order valence-corrected chi connectivity index (χ2v) is 5.18. The molecule has 2 rings (SSSR count). The van der Waals surface area contributed by atoms with Gasteiger partial charge in [-0.15, -0.1) is 0 Å². The molecule has 94 valence electrons. The van der Waals surface area contributed by atoms with E-state index < -0.39 is 0 Å². The summed E-state index contributed by atoms with van der Waals surface area (Å²) >= 11 is 0. The van der Waals surface area contributed by atoms with Crippen LogP contribution in [0.25, 0.3) is 0 Å². The minimum absolute atomic E-state index is 0.870. The lowest BCUT2D eigenvalue weighted by atomic mass is 9.99. The van der Waals surface area contributed by atoms with Crippen LogP contribution in [0, 0.1) is 12.8 Å². The van der Waals surface area contributed by atoms with Crippen molar-refractivity contribution < 1.29 is 0 Å². The number of nitrogens with zero attached hydrogens (tertiary/aromatic N) is 2. The molecule has 0 aromatic carbocycles. The Morgan fingerprint density at radius 3 is 2.71 bits per heavy atom. The molecule has 0 spiro atoms. The van der Waals surface area contributed by atoms with Gasteiger partial charge in [0.1, 0.15) is 5.82 Å². The zero-order valence-corrected chi connectivity index (χ0v) is 11.2. The van der Waals surface area contributed by atoms with E-state index in [1.165, 1.54) is 29.8 Å². The summed E-state index contributed by atoms with van der Waals surface area (Å²) in [6.07, 6.45) is 4.58. The molecule has 3 nitrogen and oxygen atoms in total. The molecular formula is C14H23N3. The van der Waals surface area contributed by atoms with Crippen LogP contribution in [0.4, 0.5) is 5.82 Å². The number of pyridine rings is 1. The molecule has 1 saturated heterocycles. The normalized spacial score (nSPS) is 17.5. The quantitative estimate of drug-likeness (QED) is 0.868. The molecule has 17 heavy (non-hydrogen) atoms. The third-order valence-corrected chi connectivity index (χ3v) is 3.57. The van der Waals surface area contributed by atoms with Crippen LogP contribution in [0.15, 0.2) is 12.3 Å². The predicted molar refractivity (Wildman–Crippen MR) is 72.3 cm³/mol. The number of hydrogen-bond acceptors (Lipinski definition) is 3. The zero-order chi connectivity index (χ0) is 12.3. The zero-order valence-electron chi connectivity index (χ0n) is 11.2. The maximum absolute atomic E-state index is 4.63. The predicted octanol–water partition coefficient (Wildman–Crippen LogP) is 2.35. The van der Waals surface area contributed by atoms with E-state index in [-0.39, 0.29) is 0 Å². The van der Waals surface area contributed by atoms with Crippen molar-refractivity contribution in [2.24, 2.45) is 5.92 Å². The van der Waals surface area contributed by atoms with Crippen LogP contribution in [0.1, 0.15) is 30.9 Å². The maximum Gasteiger partial charge on any atom is 0.131 e. The molecule has 0 amide bonds. The monoisotopic (exact) mass is 233 g/mol. The van der Waals surface area contributed by atoms with Gasteiger partial charge in [-0.2, -0.15) is 0 Å². The van der Waals surface area contributed by atoms with Crippen molar-refractivity contribution in [3.05, 3.63) is 23.4 Å². The smallest absolute Gasteiger partial charge is 0.131 e. The maximum atomic E-state index is 4.63. The minimum Gasteiger partial charge on any atom is -0.356 e. The Morgan fingerprint density at radius 2 is 2.12 bits per heavy atom. The fourth-order valence-corrected chi connectivity index (χ4v) is 2.48. The topological polar surface area (TPSA) is 28.2 Å². The molecule has 2 heterocycles. The van der Waals surface area contributed by atoms with Crippen molar-refractivity contribution in [2.45, 2.75) is 33.2 Å². The molecule has 0 saturated carbocycles. The Balaban J connectivity index is 2.10. The van der Waals surface area contributed by atoms with Gasteiger partial charge in [0.25, 0.3) is 0 Å².